The van der Waals surface area contributed by atoms with Gasteiger partial charge in [-0.1, -0.05) is 20.8 Å². The monoisotopic (exact) mass is 241 g/mol. The normalized spacial score (nSPS) is 12.3. The van der Waals surface area contributed by atoms with Crippen molar-refractivity contribution in [1.29, 1.82) is 0 Å². The molecule has 16 heavy (non-hydrogen) atoms. The largest absolute Gasteiger partial charge is 0.313 e. The summed E-state index contributed by atoms with van der Waals surface area (Å²) in [7, 11) is 0. The fourth-order valence-electron chi connectivity index (χ4n) is 1.41. The van der Waals surface area contributed by atoms with Gasteiger partial charge in [-0.2, -0.15) is 11.8 Å². The molecule has 0 aromatic carbocycles. The standard InChI is InChI=1S/C14H27NS/c1-5-7-8-9-14(15-10-6-2)12-16-11-13(3)4/h13-15H,6,8-12H2,1-4H3. The van der Waals surface area contributed by atoms with Crippen molar-refractivity contribution >= 4 is 11.8 Å². The Balaban J connectivity index is 3.73. The van der Waals surface area contributed by atoms with Crippen LogP contribution in [0.1, 0.15) is 47.0 Å². The van der Waals surface area contributed by atoms with Crippen LogP contribution >= 0.6 is 11.8 Å². The smallest absolute Gasteiger partial charge is 0.0167 e. The van der Waals surface area contributed by atoms with Crippen LogP contribution in [-0.2, 0) is 0 Å². The van der Waals surface area contributed by atoms with Crippen molar-refractivity contribution in [1.82, 2.24) is 5.32 Å². The number of nitrogens with one attached hydrogen (secondary N) is 1. The first-order valence-corrected chi connectivity index (χ1v) is 7.56. The highest BCUT2D eigenvalue weighted by atomic mass is 32.2. The Labute approximate surface area is 106 Å². The molecule has 0 saturated carbocycles. The van der Waals surface area contributed by atoms with E-state index in [4.69, 9.17) is 0 Å². The van der Waals surface area contributed by atoms with Crippen LogP contribution in [-0.4, -0.2) is 24.1 Å². The minimum atomic E-state index is 0.643. The number of rotatable bonds is 9. The van der Waals surface area contributed by atoms with E-state index in [-0.39, 0.29) is 0 Å². The molecule has 1 N–H and O–H groups in total. The molecular weight excluding hydrogens is 214 g/mol. The Morgan fingerprint density at radius 1 is 1.25 bits per heavy atom. The summed E-state index contributed by atoms with van der Waals surface area (Å²) in [6.07, 6.45) is 3.43. The van der Waals surface area contributed by atoms with Gasteiger partial charge in [0.2, 0.25) is 0 Å². The van der Waals surface area contributed by atoms with Gasteiger partial charge >= 0.3 is 0 Å². The summed E-state index contributed by atoms with van der Waals surface area (Å²) >= 11 is 2.07. The Morgan fingerprint density at radius 3 is 2.56 bits per heavy atom. The summed E-state index contributed by atoms with van der Waals surface area (Å²) in [4.78, 5) is 0. The fraction of sp³-hybridized carbons (Fsp3) is 0.857. The van der Waals surface area contributed by atoms with Gasteiger partial charge in [0, 0.05) is 18.2 Å². The van der Waals surface area contributed by atoms with E-state index >= 15 is 0 Å². The van der Waals surface area contributed by atoms with Gasteiger partial charge < -0.3 is 5.32 Å². The maximum Gasteiger partial charge on any atom is 0.0167 e. The molecule has 0 amide bonds. The number of hydrogen-bond acceptors (Lipinski definition) is 2. The van der Waals surface area contributed by atoms with Crippen LogP contribution in [0.15, 0.2) is 0 Å². The Morgan fingerprint density at radius 2 is 2.00 bits per heavy atom. The van der Waals surface area contributed by atoms with E-state index in [2.05, 4.69) is 49.7 Å². The predicted molar refractivity (Wildman–Crippen MR) is 76.9 cm³/mol. The molecule has 0 aromatic rings. The van der Waals surface area contributed by atoms with Crippen LogP contribution < -0.4 is 5.32 Å². The Bertz CT molecular complexity index is 203. The van der Waals surface area contributed by atoms with Crippen LogP contribution in [0.25, 0.3) is 0 Å². The maximum absolute atomic E-state index is 3.61. The van der Waals surface area contributed by atoms with Gasteiger partial charge in [0.15, 0.2) is 0 Å². The van der Waals surface area contributed by atoms with Crippen molar-refractivity contribution in [2.75, 3.05) is 18.1 Å². The predicted octanol–water partition coefficient (Wildman–Crippen LogP) is 3.55. The lowest BCUT2D eigenvalue weighted by Crippen LogP contribution is -2.32. The first-order chi connectivity index (χ1) is 7.70. The molecule has 0 aliphatic heterocycles. The van der Waals surface area contributed by atoms with Crippen molar-refractivity contribution in [2.24, 2.45) is 5.92 Å². The number of hydrogen-bond donors (Lipinski definition) is 1. The van der Waals surface area contributed by atoms with E-state index in [0.717, 1.165) is 18.9 Å². The summed E-state index contributed by atoms with van der Waals surface area (Å²) < 4.78 is 0. The van der Waals surface area contributed by atoms with Crippen LogP contribution in [0.3, 0.4) is 0 Å². The molecule has 0 heterocycles. The molecule has 0 aliphatic carbocycles. The second kappa shape index (κ2) is 11.4. The average molecular weight is 241 g/mol. The fourth-order valence-corrected chi connectivity index (χ4v) is 2.59. The highest BCUT2D eigenvalue weighted by Gasteiger charge is 2.07. The molecule has 0 bridgehead atoms. The van der Waals surface area contributed by atoms with Crippen LogP contribution in [0, 0.1) is 17.8 Å². The van der Waals surface area contributed by atoms with Crippen LogP contribution in [0.5, 0.6) is 0 Å². The minimum Gasteiger partial charge on any atom is -0.313 e. The molecular formula is C14H27NS. The van der Waals surface area contributed by atoms with Gasteiger partial charge in [0.25, 0.3) is 0 Å². The highest BCUT2D eigenvalue weighted by molar-refractivity contribution is 7.99. The molecule has 0 aliphatic rings. The molecule has 1 unspecified atom stereocenters. The summed E-state index contributed by atoms with van der Waals surface area (Å²) in [5, 5.41) is 3.61. The minimum absolute atomic E-state index is 0.643. The first-order valence-electron chi connectivity index (χ1n) is 6.41. The summed E-state index contributed by atoms with van der Waals surface area (Å²) in [5.74, 6) is 9.42. The van der Waals surface area contributed by atoms with Crippen molar-refractivity contribution in [2.45, 2.75) is 53.0 Å². The zero-order valence-corrected chi connectivity index (χ0v) is 12.1. The molecule has 0 radical (unpaired) electrons. The molecule has 0 spiro atoms. The lowest BCUT2D eigenvalue weighted by molar-refractivity contribution is 0.526. The molecule has 1 atom stereocenters. The van der Waals surface area contributed by atoms with Crippen molar-refractivity contribution < 1.29 is 0 Å². The average Bonchev–Trinajstić information content (AvgIpc) is 2.25. The topological polar surface area (TPSA) is 12.0 Å². The van der Waals surface area contributed by atoms with Crippen molar-refractivity contribution in [3.05, 3.63) is 0 Å². The van der Waals surface area contributed by atoms with Gasteiger partial charge in [-0.15, -0.1) is 11.8 Å². The van der Waals surface area contributed by atoms with E-state index < -0.39 is 0 Å². The van der Waals surface area contributed by atoms with E-state index in [9.17, 15) is 0 Å². The molecule has 0 fully saturated rings. The summed E-state index contributed by atoms with van der Waals surface area (Å²) in [6, 6.07) is 0.643. The third-order valence-electron chi connectivity index (χ3n) is 2.25. The van der Waals surface area contributed by atoms with Gasteiger partial charge in [-0.25, -0.2) is 0 Å². The second-order valence-electron chi connectivity index (χ2n) is 4.55. The van der Waals surface area contributed by atoms with Gasteiger partial charge in [0.1, 0.15) is 0 Å². The van der Waals surface area contributed by atoms with Gasteiger partial charge in [-0.05, 0) is 38.0 Å². The van der Waals surface area contributed by atoms with Gasteiger partial charge in [0.05, 0.1) is 0 Å². The van der Waals surface area contributed by atoms with Crippen molar-refractivity contribution in [3.8, 4) is 11.8 Å². The molecule has 94 valence electrons. The quantitative estimate of drug-likeness (QED) is 0.620. The third kappa shape index (κ3) is 10.4. The van der Waals surface area contributed by atoms with E-state index in [0.29, 0.717) is 6.04 Å². The molecule has 0 saturated heterocycles. The van der Waals surface area contributed by atoms with Gasteiger partial charge in [-0.3, -0.25) is 0 Å². The lowest BCUT2D eigenvalue weighted by atomic mass is 10.2. The SMILES string of the molecule is CC#CCCC(CSCC(C)C)NCCC. The Kier molecular flexibility index (Phi) is 11.3. The Hall–Kier alpha value is -0.130. The zero-order valence-electron chi connectivity index (χ0n) is 11.3. The zero-order chi connectivity index (χ0) is 12.2. The highest BCUT2D eigenvalue weighted by Crippen LogP contribution is 2.11. The van der Waals surface area contributed by atoms with Crippen LogP contribution in [0.4, 0.5) is 0 Å². The number of thioether (sulfide) groups is 1. The van der Waals surface area contributed by atoms with Crippen molar-refractivity contribution in [3.63, 3.8) is 0 Å². The van der Waals surface area contributed by atoms with Crippen LogP contribution in [0.2, 0.25) is 0 Å². The van der Waals surface area contributed by atoms with E-state index in [1.807, 2.05) is 6.92 Å². The summed E-state index contributed by atoms with van der Waals surface area (Å²) in [6.45, 7) is 9.83. The first kappa shape index (κ1) is 15.9. The molecule has 1 nitrogen and oxygen atoms in total. The summed E-state index contributed by atoms with van der Waals surface area (Å²) in [5.41, 5.74) is 0. The lowest BCUT2D eigenvalue weighted by Gasteiger charge is -2.17. The molecule has 2 heteroatoms. The third-order valence-corrected chi connectivity index (χ3v) is 3.79. The maximum atomic E-state index is 3.61. The van der Waals surface area contributed by atoms with E-state index in [1.54, 1.807) is 0 Å². The molecule has 0 aromatic heterocycles. The molecule has 0 rings (SSSR count). The second-order valence-corrected chi connectivity index (χ2v) is 5.62. The van der Waals surface area contributed by atoms with E-state index in [1.165, 1.54) is 24.3 Å².